The topological polar surface area (TPSA) is 101 Å². The molecule has 0 heterocycles. The maximum atomic E-state index is 10.4. The van der Waals surface area contributed by atoms with Gasteiger partial charge in [-0.05, 0) is 13.3 Å². The summed E-state index contributed by atoms with van der Waals surface area (Å²) in [7, 11) is -1.63. The van der Waals surface area contributed by atoms with E-state index in [-0.39, 0.29) is 6.42 Å². The molecule has 0 fully saturated rings. The Balaban J connectivity index is 0. The molecule has 1 atom stereocenters. The van der Waals surface area contributed by atoms with Crippen LogP contribution in [-0.2, 0) is 18.7 Å². The molecule has 102 valence electrons. The monoisotopic (exact) mass is 268 g/mol. The molecule has 0 bridgehead atoms. The van der Waals surface area contributed by atoms with E-state index >= 15 is 0 Å². The number of hydrogen-bond acceptors (Lipinski definition) is 4. The SMILES string of the molecule is CCCC(C(=O)O)C(=O)O.CCO[PH](=O)CC. The zero-order valence-electron chi connectivity index (χ0n) is 10.4. The van der Waals surface area contributed by atoms with Crippen molar-refractivity contribution in [3.05, 3.63) is 0 Å². The fraction of sp³-hybridized carbons (Fsp3) is 0.800. The van der Waals surface area contributed by atoms with E-state index in [9.17, 15) is 14.2 Å². The lowest BCUT2D eigenvalue weighted by Gasteiger charge is -2.02. The summed E-state index contributed by atoms with van der Waals surface area (Å²) < 4.78 is 15.1. The summed E-state index contributed by atoms with van der Waals surface area (Å²) in [5.74, 6) is -3.74. The Morgan fingerprint density at radius 1 is 1.18 bits per heavy atom. The molecule has 17 heavy (non-hydrogen) atoms. The molecule has 6 nitrogen and oxygen atoms in total. The standard InChI is InChI=1S/C6H10O4.C4H11O2P/c1-2-3-4(5(7)8)6(9)10;1-3-6-7(5)4-2/h4H,2-3H2,1H3,(H,7,8)(H,9,10);7H,3-4H2,1-2H3. The molecule has 1 unspecified atom stereocenters. The van der Waals surface area contributed by atoms with Crippen molar-refractivity contribution < 1.29 is 28.9 Å². The number of rotatable bonds is 7. The second-order valence-electron chi connectivity index (χ2n) is 3.18. The molecule has 0 aromatic heterocycles. The first-order valence-corrected chi connectivity index (χ1v) is 7.04. The second-order valence-corrected chi connectivity index (χ2v) is 4.92. The Hall–Kier alpha value is -0.870. The van der Waals surface area contributed by atoms with Crippen LogP contribution < -0.4 is 0 Å². The van der Waals surface area contributed by atoms with Gasteiger partial charge in [-0.15, -0.1) is 0 Å². The summed E-state index contributed by atoms with van der Waals surface area (Å²) in [6.07, 6.45) is 1.44. The first-order valence-electron chi connectivity index (χ1n) is 5.51. The lowest BCUT2D eigenvalue weighted by molar-refractivity contribution is -0.154. The highest BCUT2D eigenvalue weighted by molar-refractivity contribution is 7.39. The minimum atomic E-state index is -1.63. The van der Waals surface area contributed by atoms with Crippen molar-refractivity contribution in [2.45, 2.75) is 33.6 Å². The van der Waals surface area contributed by atoms with Crippen LogP contribution in [0.2, 0.25) is 0 Å². The van der Waals surface area contributed by atoms with E-state index in [1.54, 1.807) is 6.92 Å². The summed E-state index contributed by atoms with van der Waals surface area (Å²) in [5.41, 5.74) is 0. The molecule has 0 amide bonds. The van der Waals surface area contributed by atoms with Crippen molar-refractivity contribution in [3.63, 3.8) is 0 Å². The third-order valence-corrected chi connectivity index (χ3v) is 2.96. The molecule has 0 rings (SSSR count). The van der Waals surface area contributed by atoms with Gasteiger partial charge in [0.1, 0.15) is 0 Å². The van der Waals surface area contributed by atoms with Crippen molar-refractivity contribution in [2.75, 3.05) is 12.8 Å². The van der Waals surface area contributed by atoms with Gasteiger partial charge in [-0.1, -0.05) is 20.3 Å². The summed E-state index contributed by atoms with van der Waals surface area (Å²) in [6.45, 7) is 6.03. The fourth-order valence-electron chi connectivity index (χ4n) is 0.904. The Morgan fingerprint density at radius 2 is 1.65 bits per heavy atom. The third kappa shape index (κ3) is 11.4. The normalized spacial score (nSPS) is 11.5. The summed E-state index contributed by atoms with van der Waals surface area (Å²) >= 11 is 0. The van der Waals surface area contributed by atoms with Gasteiger partial charge in [-0.3, -0.25) is 14.2 Å². The zero-order valence-corrected chi connectivity index (χ0v) is 11.4. The predicted molar refractivity (Wildman–Crippen MR) is 64.8 cm³/mol. The summed E-state index contributed by atoms with van der Waals surface area (Å²) in [5, 5.41) is 16.6. The highest BCUT2D eigenvalue weighted by atomic mass is 31.1. The zero-order chi connectivity index (χ0) is 13.8. The van der Waals surface area contributed by atoms with E-state index in [1.807, 2.05) is 13.8 Å². The molecule has 7 heteroatoms. The van der Waals surface area contributed by atoms with Crippen LogP contribution in [0.15, 0.2) is 0 Å². The number of carboxylic acid groups (broad SMARTS) is 2. The Bertz CT molecular complexity index is 239. The van der Waals surface area contributed by atoms with Gasteiger partial charge in [0.2, 0.25) is 0 Å². The number of carbonyl (C=O) groups is 2. The highest BCUT2D eigenvalue weighted by Gasteiger charge is 2.23. The molecule has 0 saturated heterocycles. The molecule has 0 saturated carbocycles. The summed E-state index contributed by atoms with van der Waals surface area (Å²) in [4.78, 5) is 20.3. The van der Waals surface area contributed by atoms with Gasteiger partial charge in [-0.25, -0.2) is 0 Å². The first-order chi connectivity index (χ1) is 7.90. The molecule has 0 aliphatic heterocycles. The van der Waals surface area contributed by atoms with E-state index in [0.717, 1.165) is 0 Å². The average molecular weight is 268 g/mol. The number of aliphatic carboxylic acids is 2. The molecule has 0 aromatic rings. The van der Waals surface area contributed by atoms with Gasteiger partial charge >= 0.3 is 11.9 Å². The van der Waals surface area contributed by atoms with Crippen LogP contribution in [0.3, 0.4) is 0 Å². The van der Waals surface area contributed by atoms with Gasteiger partial charge in [-0.2, -0.15) is 0 Å². The van der Waals surface area contributed by atoms with Crippen molar-refractivity contribution in [3.8, 4) is 0 Å². The lowest BCUT2D eigenvalue weighted by atomic mass is 10.1. The van der Waals surface area contributed by atoms with Gasteiger partial charge in [0.15, 0.2) is 13.9 Å². The predicted octanol–water partition coefficient (Wildman–Crippen LogP) is 2.09. The Morgan fingerprint density at radius 3 is 1.76 bits per heavy atom. The quantitative estimate of drug-likeness (QED) is 0.541. The molecule has 2 N–H and O–H groups in total. The van der Waals surface area contributed by atoms with Gasteiger partial charge < -0.3 is 14.7 Å². The molecular formula is C10H21O6P. The maximum absolute atomic E-state index is 10.4. The molecule has 0 spiro atoms. The smallest absolute Gasteiger partial charge is 0.317 e. The van der Waals surface area contributed by atoms with Crippen LogP contribution in [0.5, 0.6) is 0 Å². The van der Waals surface area contributed by atoms with E-state index in [1.165, 1.54) is 0 Å². The molecule has 0 aliphatic rings. The van der Waals surface area contributed by atoms with Gasteiger partial charge in [0.05, 0.1) is 6.61 Å². The van der Waals surface area contributed by atoms with Crippen LogP contribution >= 0.6 is 8.03 Å². The molecular weight excluding hydrogens is 247 g/mol. The van der Waals surface area contributed by atoms with Gasteiger partial charge in [0.25, 0.3) is 0 Å². The van der Waals surface area contributed by atoms with Crippen molar-refractivity contribution in [1.82, 2.24) is 0 Å². The molecule has 0 aromatic carbocycles. The third-order valence-electron chi connectivity index (χ3n) is 1.77. The largest absolute Gasteiger partial charge is 0.481 e. The van der Waals surface area contributed by atoms with E-state index in [0.29, 0.717) is 19.2 Å². The minimum Gasteiger partial charge on any atom is -0.481 e. The van der Waals surface area contributed by atoms with Crippen LogP contribution in [0.1, 0.15) is 33.6 Å². The van der Waals surface area contributed by atoms with Crippen molar-refractivity contribution in [2.24, 2.45) is 5.92 Å². The highest BCUT2D eigenvalue weighted by Crippen LogP contribution is 2.19. The van der Waals surface area contributed by atoms with E-state index in [4.69, 9.17) is 14.7 Å². The van der Waals surface area contributed by atoms with Crippen molar-refractivity contribution in [1.29, 1.82) is 0 Å². The van der Waals surface area contributed by atoms with E-state index < -0.39 is 25.9 Å². The van der Waals surface area contributed by atoms with Crippen molar-refractivity contribution >= 4 is 20.0 Å². The number of hydrogen-bond donors (Lipinski definition) is 2. The van der Waals surface area contributed by atoms with Gasteiger partial charge in [0, 0.05) is 6.16 Å². The van der Waals surface area contributed by atoms with Crippen LogP contribution in [0, 0.1) is 5.92 Å². The molecule has 0 radical (unpaired) electrons. The van der Waals surface area contributed by atoms with E-state index in [2.05, 4.69) is 0 Å². The molecule has 0 aliphatic carbocycles. The first kappa shape index (κ1) is 18.5. The second kappa shape index (κ2) is 11.6. The average Bonchev–Trinajstić information content (AvgIpc) is 2.26. The minimum absolute atomic E-state index is 0.199. The van der Waals surface area contributed by atoms with Crippen LogP contribution in [0.4, 0.5) is 0 Å². The van der Waals surface area contributed by atoms with Crippen LogP contribution in [0.25, 0.3) is 0 Å². The Labute approximate surface area is 102 Å². The number of carboxylic acids is 2. The maximum Gasteiger partial charge on any atom is 0.317 e. The Kier molecular flexibility index (Phi) is 12.6. The fourth-order valence-corrected chi connectivity index (χ4v) is 1.43. The lowest BCUT2D eigenvalue weighted by Crippen LogP contribution is -2.22. The van der Waals surface area contributed by atoms with Crippen LogP contribution in [-0.4, -0.2) is 34.9 Å². The summed E-state index contributed by atoms with van der Waals surface area (Å²) in [6, 6.07) is 0.